The van der Waals surface area contributed by atoms with Gasteiger partial charge in [0.05, 0.1) is 11.4 Å². The van der Waals surface area contributed by atoms with Crippen LogP contribution in [0.4, 0.5) is 16.2 Å². The summed E-state index contributed by atoms with van der Waals surface area (Å²) >= 11 is 0. The first-order valence-electron chi connectivity index (χ1n) is 13.0. The van der Waals surface area contributed by atoms with Gasteiger partial charge in [-0.25, -0.2) is 4.79 Å². The molecule has 3 N–H and O–H groups in total. The van der Waals surface area contributed by atoms with E-state index < -0.39 is 0 Å². The number of para-hydroxylation sites is 2. The molecule has 0 atom stereocenters. The van der Waals surface area contributed by atoms with Gasteiger partial charge in [-0.15, -0.1) is 0 Å². The maximum absolute atomic E-state index is 13.2. The summed E-state index contributed by atoms with van der Waals surface area (Å²) in [5.74, 6) is 0. The third-order valence-electron chi connectivity index (χ3n) is 6.30. The zero-order chi connectivity index (χ0) is 23.1. The molecular formula is C28H42N4O. The third kappa shape index (κ3) is 8.17. The van der Waals surface area contributed by atoms with Crippen LogP contribution < -0.4 is 20.9 Å². The monoisotopic (exact) mass is 450 g/mol. The van der Waals surface area contributed by atoms with Gasteiger partial charge in [0.2, 0.25) is 0 Å². The molecule has 0 fully saturated rings. The van der Waals surface area contributed by atoms with Gasteiger partial charge in [-0.1, -0.05) is 56.2 Å². The Hall–Kier alpha value is -2.37. The van der Waals surface area contributed by atoms with Crippen molar-refractivity contribution in [1.29, 1.82) is 0 Å². The van der Waals surface area contributed by atoms with Crippen molar-refractivity contribution in [3.05, 3.63) is 59.7 Å². The number of carbonyl (C=O) groups is 1. The predicted octanol–water partition coefficient (Wildman–Crippen LogP) is 5.56. The standard InChI is InChI=1S/C28H42N4O/c1-2-3-8-19-29-20-9-10-21-30-22-11-12-23-31-28(33)32-26-15-6-4-13-24(26)17-18-25-14-5-7-16-27(25)32/h4-7,13-16,29-30H,2-3,8-12,17-23H2,1H3,(H,31,33). The number of fused-ring (bicyclic) bond motifs is 2. The number of nitrogens with one attached hydrogen (secondary N) is 3. The van der Waals surface area contributed by atoms with Gasteiger partial charge in [0.25, 0.3) is 0 Å². The van der Waals surface area contributed by atoms with Gasteiger partial charge in [-0.2, -0.15) is 0 Å². The molecule has 0 radical (unpaired) electrons. The fraction of sp³-hybridized carbons (Fsp3) is 0.536. The number of unbranched alkanes of at least 4 members (excludes halogenated alkanes) is 4. The zero-order valence-electron chi connectivity index (χ0n) is 20.4. The molecule has 1 aliphatic heterocycles. The second kappa shape index (κ2) is 14.7. The van der Waals surface area contributed by atoms with Crippen LogP contribution in [0.3, 0.4) is 0 Å². The Morgan fingerprint density at radius 2 is 1.15 bits per heavy atom. The molecule has 5 nitrogen and oxygen atoms in total. The highest BCUT2D eigenvalue weighted by atomic mass is 16.2. The average molecular weight is 451 g/mol. The van der Waals surface area contributed by atoms with Crippen LogP contribution in [-0.4, -0.2) is 38.8 Å². The molecular weight excluding hydrogens is 408 g/mol. The van der Waals surface area contributed by atoms with E-state index in [9.17, 15) is 4.79 Å². The minimum Gasteiger partial charge on any atom is -0.337 e. The van der Waals surface area contributed by atoms with Crippen molar-refractivity contribution in [3.8, 4) is 0 Å². The molecule has 3 rings (SSSR count). The van der Waals surface area contributed by atoms with Crippen molar-refractivity contribution >= 4 is 17.4 Å². The van der Waals surface area contributed by atoms with E-state index >= 15 is 0 Å². The highest BCUT2D eigenvalue weighted by Crippen LogP contribution is 2.35. The lowest BCUT2D eigenvalue weighted by atomic mass is 10.0. The highest BCUT2D eigenvalue weighted by molar-refractivity contribution is 6.01. The fourth-order valence-electron chi connectivity index (χ4n) is 4.40. The largest absolute Gasteiger partial charge is 0.337 e. The van der Waals surface area contributed by atoms with E-state index in [4.69, 9.17) is 0 Å². The van der Waals surface area contributed by atoms with Crippen molar-refractivity contribution in [2.75, 3.05) is 37.6 Å². The minimum atomic E-state index is -0.0313. The molecule has 33 heavy (non-hydrogen) atoms. The van der Waals surface area contributed by atoms with Crippen molar-refractivity contribution in [3.63, 3.8) is 0 Å². The van der Waals surface area contributed by atoms with E-state index in [1.807, 2.05) is 17.0 Å². The van der Waals surface area contributed by atoms with Crippen LogP contribution in [0.15, 0.2) is 48.5 Å². The molecule has 2 aromatic carbocycles. The summed E-state index contributed by atoms with van der Waals surface area (Å²) in [6, 6.07) is 16.5. The number of hydrogen-bond acceptors (Lipinski definition) is 3. The zero-order valence-corrected chi connectivity index (χ0v) is 20.4. The Labute approximate surface area is 200 Å². The first kappa shape index (κ1) is 25.3. The number of amides is 2. The maximum Gasteiger partial charge on any atom is 0.326 e. The molecule has 0 unspecified atom stereocenters. The molecule has 0 saturated carbocycles. The summed E-state index contributed by atoms with van der Waals surface area (Å²) in [6.07, 6.45) is 10.3. The SMILES string of the molecule is CCCCCNCCCCNCCCCNC(=O)N1c2ccccc2CCc2ccccc21. The molecule has 0 aromatic heterocycles. The molecule has 180 valence electrons. The Kier molecular flexibility index (Phi) is 11.3. The molecule has 0 saturated heterocycles. The lowest BCUT2D eigenvalue weighted by Crippen LogP contribution is -2.38. The van der Waals surface area contributed by atoms with E-state index in [1.165, 1.54) is 43.2 Å². The van der Waals surface area contributed by atoms with Crippen LogP contribution in [0.5, 0.6) is 0 Å². The average Bonchev–Trinajstić information content (AvgIpc) is 3.01. The number of anilines is 2. The fourth-order valence-corrected chi connectivity index (χ4v) is 4.40. The predicted molar refractivity (Wildman–Crippen MR) is 140 cm³/mol. The second-order valence-electron chi connectivity index (χ2n) is 8.95. The second-order valence-corrected chi connectivity index (χ2v) is 8.95. The van der Waals surface area contributed by atoms with Gasteiger partial charge in [-0.05, 0) is 94.4 Å². The van der Waals surface area contributed by atoms with Crippen LogP contribution in [0.1, 0.15) is 63.0 Å². The highest BCUT2D eigenvalue weighted by Gasteiger charge is 2.25. The lowest BCUT2D eigenvalue weighted by Gasteiger charge is -2.25. The van der Waals surface area contributed by atoms with Crippen molar-refractivity contribution in [2.45, 2.75) is 64.7 Å². The smallest absolute Gasteiger partial charge is 0.326 e. The Bertz CT molecular complexity index is 791. The summed E-state index contributed by atoms with van der Waals surface area (Å²) in [6.45, 7) is 7.30. The van der Waals surface area contributed by atoms with Crippen molar-refractivity contribution < 1.29 is 4.79 Å². The quantitative estimate of drug-likeness (QED) is 0.330. The topological polar surface area (TPSA) is 56.4 Å². The molecule has 0 aliphatic carbocycles. The van der Waals surface area contributed by atoms with E-state index in [2.05, 4.69) is 59.3 Å². The Balaban J connectivity index is 1.33. The van der Waals surface area contributed by atoms with Gasteiger partial charge in [-0.3, -0.25) is 4.90 Å². The molecule has 0 spiro atoms. The minimum absolute atomic E-state index is 0.0313. The van der Waals surface area contributed by atoms with Gasteiger partial charge >= 0.3 is 6.03 Å². The first-order chi connectivity index (χ1) is 16.3. The van der Waals surface area contributed by atoms with Crippen LogP contribution in [0.2, 0.25) is 0 Å². The summed E-state index contributed by atoms with van der Waals surface area (Å²) in [4.78, 5) is 15.1. The first-order valence-corrected chi connectivity index (χ1v) is 13.0. The van der Waals surface area contributed by atoms with Gasteiger partial charge in [0, 0.05) is 6.54 Å². The maximum atomic E-state index is 13.2. The van der Waals surface area contributed by atoms with E-state index in [0.29, 0.717) is 6.54 Å². The number of aryl methyl sites for hydroxylation is 2. The van der Waals surface area contributed by atoms with E-state index in [1.54, 1.807) is 0 Å². The van der Waals surface area contributed by atoms with Gasteiger partial charge in [0.1, 0.15) is 0 Å². The number of hydrogen-bond donors (Lipinski definition) is 3. The molecule has 2 aromatic rings. The number of carbonyl (C=O) groups excluding carboxylic acids is 1. The van der Waals surface area contributed by atoms with Crippen molar-refractivity contribution in [2.24, 2.45) is 0 Å². The summed E-state index contributed by atoms with van der Waals surface area (Å²) < 4.78 is 0. The molecule has 1 aliphatic rings. The number of benzene rings is 2. The van der Waals surface area contributed by atoms with Crippen LogP contribution in [0.25, 0.3) is 0 Å². The Morgan fingerprint density at radius 3 is 1.67 bits per heavy atom. The number of urea groups is 1. The number of rotatable bonds is 14. The van der Waals surface area contributed by atoms with Gasteiger partial charge < -0.3 is 16.0 Å². The lowest BCUT2D eigenvalue weighted by molar-refractivity contribution is 0.248. The normalized spacial score (nSPS) is 12.7. The summed E-state index contributed by atoms with van der Waals surface area (Å²) in [7, 11) is 0. The van der Waals surface area contributed by atoms with Crippen molar-refractivity contribution in [1.82, 2.24) is 16.0 Å². The molecule has 5 heteroatoms. The van der Waals surface area contributed by atoms with Crippen LogP contribution in [-0.2, 0) is 12.8 Å². The van der Waals surface area contributed by atoms with Crippen LogP contribution >= 0.6 is 0 Å². The molecule has 0 bridgehead atoms. The third-order valence-corrected chi connectivity index (χ3v) is 6.30. The van der Waals surface area contributed by atoms with Crippen LogP contribution in [0, 0.1) is 0 Å². The summed E-state index contributed by atoms with van der Waals surface area (Å²) in [5, 5.41) is 10.2. The molecule has 2 amide bonds. The van der Waals surface area contributed by atoms with E-state index in [-0.39, 0.29) is 6.03 Å². The van der Waals surface area contributed by atoms with E-state index in [0.717, 1.165) is 63.2 Å². The van der Waals surface area contributed by atoms with Gasteiger partial charge in [0.15, 0.2) is 0 Å². The molecule has 1 heterocycles. The summed E-state index contributed by atoms with van der Waals surface area (Å²) in [5.41, 5.74) is 4.45. The number of nitrogens with zero attached hydrogens (tertiary/aromatic N) is 1. The Morgan fingerprint density at radius 1 is 0.697 bits per heavy atom.